The summed E-state index contributed by atoms with van der Waals surface area (Å²) in [7, 11) is -4.15. The Labute approximate surface area is 156 Å². The molecule has 138 valence electrons. The number of nitro groups is 1. The molecule has 2 unspecified atom stereocenters. The van der Waals surface area contributed by atoms with E-state index in [1.54, 1.807) is 12.1 Å². The predicted molar refractivity (Wildman–Crippen MR) is 96.3 cm³/mol. The van der Waals surface area contributed by atoms with Crippen molar-refractivity contribution < 1.29 is 28.4 Å². The molecule has 2 atom stereocenters. The molecule has 0 bridgehead atoms. The number of carboxylic acids is 1. The van der Waals surface area contributed by atoms with Gasteiger partial charge in [0.15, 0.2) is 0 Å². The largest absolute Gasteiger partial charge is 0.513 e. The summed E-state index contributed by atoms with van der Waals surface area (Å²) in [5.41, 5.74) is -0.174. The van der Waals surface area contributed by atoms with E-state index >= 15 is 0 Å². The number of rotatable bonds is 8. The van der Waals surface area contributed by atoms with Crippen LogP contribution >= 0.6 is 23.7 Å². The van der Waals surface area contributed by atoms with Crippen LogP contribution in [0.1, 0.15) is 6.92 Å². The van der Waals surface area contributed by atoms with Gasteiger partial charge in [-0.3, -0.25) is 14.9 Å². The van der Waals surface area contributed by atoms with Crippen LogP contribution in [0.5, 0.6) is 11.5 Å². The standard InChI is InChI=1S/C15H14BrN2O7P/c1-10(15(19)20)17-26(23,25-14-4-2-3-11(16)9-14)24-13-7-5-12(6-8-13)18(21)22/h2-10H,1H3,(H,17,23)(H,19,20). The lowest BCUT2D eigenvalue weighted by molar-refractivity contribution is -0.384. The highest BCUT2D eigenvalue weighted by Gasteiger charge is 2.33. The summed E-state index contributed by atoms with van der Waals surface area (Å²) >= 11 is 3.24. The van der Waals surface area contributed by atoms with Crippen molar-refractivity contribution in [3.8, 4) is 11.5 Å². The monoisotopic (exact) mass is 444 g/mol. The van der Waals surface area contributed by atoms with Crippen LogP contribution in [-0.2, 0) is 9.36 Å². The molecule has 0 radical (unpaired) electrons. The lowest BCUT2D eigenvalue weighted by Gasteiger charge is -2.22. The van der Waals surface area contributed by atoms with Crippen molar-refractivity contribution in [2.45, 2.75) is 13.0 Å². The maximum absolute atomic E-state index is 13.0. The fourth-order valence-electron chi connectivity index (χ4n) is 1.79. The second kappa shape index (κ2) is 8.31. The van der Waals surface area contributed by atoms with Crippen LogP contribution in [0, 0.1) is 10.1 Å². The number of hydrogen-bond donors (Lipinski definition) is 2. The summed E-state index contributed by atoms with van der Waals surface area (Å²) in [5.74, 6) is -1.07. The summed E-state index contributed by atoms with van der Waals surface area (Å²) in [4.78, 5) is 21.2. The van der Waals surface area contributed by atoms with Crippen LogP contribution in [-0.4, -0.2) is 22.0 Å². The van der Waals surface area contributed by atoms with E-state index in [0.717, 1.165) is 0 Å². The third-order valence-corrected chi connectivity index (χ3v) is 5.12. The Hall–Kier alpha value is -2.42. The Morgan fingerprint density at radius 2 is 1.85 bits per heavy atom. The number of carbonyl (C=O) groups is 1. The highest BCUT2D eigenvalue weighted by molar-refractivity contribution is 9.10. The number of non-ortho nitro benzene ring substituents is 1. The fourth-order valence-corrected chi connectivity index (χ4v) is 3.69. The molecule has 0 spiro atoms. The smallest absolute Gasteiger partial charge is 0.480 e. The zero-order valence-electron chi connectivity index (χ0n) is 13.4. The van der Waals surface area contributed by atoms with Crippen LogP contribution in [0.3, 0.4) is 0 Å². The van der Waals surface area contributed by atoms with Gasteiger partial charge in [-0.15, -0.1) is 0 Å². The van der Waals surface area contributed by atoms with E-state index in [0.29, 0.717) is 4.47 Å². The fraction of sp³-hybridized carbons (Fsp3) is 0.133. The number of aliphatic carboxylic acids is 1. The van der Waals surface area contributed by atoms with Gasteiger partial charge in [-0.1, -0.05) is 22.0 Å². The summed E-state index contributed by atoms with van der Waals surface area (Å²) in [6.45, 7) is 1.28. The van der Waals surface area contributed by atoms with Crippen molar-refractivity contribution in [2.75, 3.05) is 0 Å². The van der Waals surface area contributed by atoms with Crippen LogP contribution in [0.25, 0.3) is 0 Å². The highest BCUT2D eigenvalue weighted by Crippen LogP contribution is 2.45. The number of hydrogen-bond acceptors (Lipinski definition) is 6. The minimum atomic E-state index is -4.15. The normalized spacial score (nSPS) is 14.1. The summed E-state index contributed by atoms with van der Waals surface area (Å²) in [6.07, 6.45) is 0. The van der Waals surface area contributed by atoms with Gasteiger partial charge in [0.05, 0.1) is 4.92 Å². The lowest BCUT2D eigenvalue weighted by Crippen LogP contribution is -2.34. The SMILES string of the molecule is CC(NP(=O)(Oc1ccc([N+](=O)[O-])cc1)Oc1cccc(Br)c1)C(=O)O. The van der Waals surface area contributed by atoms with Gasteiger partial charge in [-0.05, 0) is 37.3 Å². The Bertz CT molecular complexity index is 859. The van der Waals surface area contributed by atoms with Crippen molar-refractivity contribution in [2.24, 2.45) is 0 Å². The maximum Gasteiger partial charge on any atom is 0.513 e. The third kappa shape index (κ3) is 5.55. The Morgan fingerprint density at radius 1 is 1.23 bits per heavy atom. The average Bonchev–Trinajstić information content (AvgIpc) is 2.54. The minimum absolute atomic E-state index is 0.0130. The topological polar surface area (TPSA) is 128 Å². The molecule has 2 rings (SSSR count). The van der Waals surface area contributed by atoms with Gasteiger partial charge >= 0.3 is 13.7 Å². The quantitative estimate of drug-likeness (QED) is 0.355. The summed E-state index contributed by atoms with van der Waals surface area (Å²) in [5, 5.41) is 22.0. The Balaban J connectivity index is 2.28. The highest BCUT2D eigenvalue weighted by atomic mass is 79.9. The molecule has 0 heterocycles. The molecule has 2 N–H and O–H groups in total. The van der Waals surface area contributed by atoms with Crippen LogP contribution < -0.4 is 14.1 Å². The first-order chi connectivity index (χ1) is 12.2. The predicted octanol–water partition coefficient (Wildman–Crippen LogP) is 3.99. The van der Waals surface area contributed by atoms with Gasteiger partial charge in [-0.2, -0.15) is 5.09 Å². The summed E-state index contributed by atoms with van der Waals surface area (Å²) in [6, 6.07) is 9.98. The molecule has 9 nitrogen and oxygen atoms in total. The van der Waals surface area contributed by atoms with Gasteiger partial charge in [0.2, 0.25) is 0 Å². The first-order valence-electron chi connectivity index (χ1n) is 7.18. The zero-order chi connectivity index (χ0) is 19.3. The molecular formula is C15H14BrN2O7P. The molecule has 11 heteroatoms. The first-order valence-corrected chi connectivity index (χ1v) is 9.52. The van der Waals surface area contributed by atoms with E-state index in [4.69, 9.17) is 14.2 Å². The minimum Gasteiger partial charge on any atom is -0.480 e. The number of nitrogens with one attached hydrogen (secondary N) is 1. The second-order valence-corrected chi connectivity index (χ2v) is 7.61. The second-order valence-electron chi connectivity index (χ2n) is 5.08. The zero-order valence-corrected chi connectivity index (χ0v) is 15.8. The first kappa shape index (κ1) is 19.9. The van der Waals surface area contributed by atoms with Gasteiger partial charge in [0, 0.05) is 16.6 Å². The molecule has 0 saturated carbocycles. The molecule has 2 aromatic rings. The molecule has 0 aliphatic carbocycles. The Kier molecular flexibility index (Phi) is 6.36. The van der Waals surface area contributed by atoms with E-state index in [1.165, 1.54) is 43.3 Å². The Morgan fingerprint density at radius 3 is 2.38 bits per heavy atom. The van der Waals surface area contributed by atoms with E-state index in [-0.39, 0.29) is 17.2 Å². The lowest BCUT2D eigenvalue weighted by atomic mass is 10.3. The molecule has 0 aromatic heterocycles. The molecule has 0 aliphatic heterocycles. The van der Waals surface area contributed by atoms with Gasteiger partial charge in [-0.25, -0.2) is 4.57 Å². The van der Waals surface area contributed by atoms with Gasteiger partial charge in [0.1, 0.15) is 17.5 Å². The van der Waals surface area contributed by atoms with E-state index in [1.807, 2.05) is 0 Å². The molecule has 0 fully saturated rings. The van der Waals surface area contributed by atoms with Crippen LogP contribution in [0.4, 0.5) is 5.69 Å². The third-order valence-electron chi connectivity index (χ3n) is 3.02. The maximum atomic E-state index is 13.0. The van der Waals surface area contributed by atoms with E-state index in [2.05, 4.69) is 21.0 Å². The average molecular weight is 445 g/mol. The molecule has 0 saturated heterocycles. The number of benzene rings is 2. The molecular weight excluding hydrogens is 431 g/mol. The van der Waals surface area contributed by atoms with Crippen LogP contribution in [0.2, 0.25) is 0 Å². The van der Waals surface area contributed by atoms with Gasteiger partial charge in [0.25, 0.3) is 5.69 Å². The number of nitro benzene ring substituents is 1. The molecule has 2 aromatic carbocycles. The number of carboxylic acid groups (broad SMARTS) is 1. The van der Waals surface area contributed by atoms with E-state index in [9.17, 15) is 19.5 Å². The molecule has 0 aliphatic rings. The number of halogens is 1. The van der Waals surface area contributed by atoms with Crippen LogP contribution in [0.15, 0.2) is 53.0 Å². The molecule has 26 heavy (non-hydrogen) atoms. The number of nitrogens with zero attached hydrogens (tertiary/aromatic N) is 1. The molecule has 0 amide bonds. The van der Waals surface area contributed by atoms with E-state index < -0.39 is 24.7 Å². The summed E-state index contributed by atoms with van der Waals surface area (Å²) < 4.78 is 24.4. The van der Waals surface area contributed by atoms with Crippen molar-refractivity contribution in [1.29, 1.82) is 0 Å². The van der Waals surface area contributed by atoms with Crippen molar-refractivity contribution in [3.63, 3.8) is 0 Å². The van der Waals surface area contributed by atoms with Crippen molar-refractivity contribution >= 4 is 35.3 Å². The van der Waals surface area contributed by atoms with Crippen molar-refractivity contribution in [3.05, 3.63) is 63.1 Å². The van der Waals surface area contributed by atoms with Gasteiger partial charge < -0.3 is 14.2 Å². The van der Waals surface area contributed by atoms with Crippen molar-refractivity contribution in [1.82, 2.24) is 5.09 Å².